The quantitative estimate of drug-likeness (QED) is 0.250. The van der Waals surface area contributed by atoms with Gasteiger partial charge in [0.2, 0.25) is 11.8 Å². The molecule has 11 heteroatoms. The van der Waals surface area contributed by atoms with Crippen LogP contribution in [0.2, 0.25) is 5.02 Å². The number of carbonyl (C=O) groups is 2. The lowest BCUT2D eigenvalue weighted by molar-refractivity contribution is -0.140. The number of nitrogens with zero attached hydrogens (tertiary/aromatic N) is 2. The van der Waals surface area contributed by atoms with Crippen LogP contribution in [0.5, 0.6) is 11.5 Å². The average Bonchev–Trinajstić information content (AvgIpc) is 3.00. The molecule has 0 heterocycles. The summed E-state index contributed by atoms with van der Waals surface area (Å²) in [7, 11) is -1.32. The largest absolute Gasteiger partial charge is 0.493 e. The maximum atomic E-state index is 14.3. The molecule has 0 fully saturated rings. The highest BCUT2D eigenvalue weighted by Crippen LogP contribution is 2.34. The summed E-state index contributed by atoms with van der Waals surface area (Å²) in [5.74, 6) is -0.199. The Hall–Kier alpha value is -3.76. The molecule has 0 radical (unpaired) electrons. The molecule has 0 bridgehead atoms. The molecule has 232 valence electrons. The van der Waals surface area contributed by atoms with Crippen molar-refractivity contribution >= 4 is 39.1 Å². The lowest BCUT2D eigenvalue weighted by Gasteiger charge is -2.34. The van der Waals surface area contributed by atoms with Crippen molar-refractivity contribution in [3.05, 3.63) is 82.9 Å². The van der Waals surface area contributed by atoms with E-state index in [4.69, 9.17) is 21.1 Å². The van der Waals surface area contributed by atoms with E-state index in [2.05, 4.69) is 5.32 Å². The van der Waals surface area contributed by atoms with E-state index in [-0.39, 0.29) is 29.1 Å². The smallest absolute Gasteiger partial charge is 0.264 e. The monoisotopic (exact) mass is 629 g/mol. The van der Waals surface area contributed by atoms with Crippen molar-refractivity contribution in [2.24, 2.45) is 0 Å². The van der Waals surface area contributed by atoms with Gasteiger partial charge in [-0.2, -0.15) is 0 Å². The summed E-state index contributed by atoms with van der Waals surface area (Å²) in [6.07, 6.45) is 1.02. The number of aryl methyl sites for hydroxylation is 1. The number of methoxy groups -OCH3 is 2. The maximum Gasteiger partial charge on any atom is 0.264 e. The van der Waals surface area contributed by atoms with E-state index < -0.39 is 28.5 Å². The van der Waals surface area contributed by atoms with Gasteiger partial charge in [-0.3, -0.25) is 13.9 Å². The van der Waals surface area contributed by atoms with Crippen molar-refractivity contribution in [1.29, 1.82) is 0 Å². The minimum atomic E-state index is -4.24. The highest BCUT2D eigenvalue weighted by atomic mass is 35.5. The van der Waals surface area contributed by atoms with Gasteiger partial charge in [0.1, 0.15) is 12.6 Å². The second kappa shape index (κ2) is 15.1. The van der Waals surface area contributed by atoms with Crippen LogP contribution in [0, 0.1) is 6.92 Å². The maximum absolute atomic E-state index is 14.3. The third kappa shape index (κ3) is 8.20. The van der Waals surface area contributed by atoms with Crippen molar-refractivity contribution < 1.29 is 27.5 Å². The highest BCUT2D eigenvalue weighted by Gasteiger charge is 2.34. The Morgan fingerprint density at radius 3 is 2.16 bits per heavy atom. The summed E-state index contributed by atoms with van der Waals surface area (Å²) in [5, 5.41) is 3.39. The van der Waals surface area contributed by atoms with E-state index in [9.17, 15) is 18.0 Å². The van der Waals surface area contributed by atoms with Crippen LogP contribution < -0.4 is 19.1 Å². The molecule has 3 aromatic rings. The van der Waals surface area contributed by atoms with Gasteiger partial charge in [0.05, 0.1) is 24.8 Å². The molecule has 0 saturated heterocycles. The predicted octanol–water partition coefficient (Wildman–Crippen LogP) is 5.58. The van der Waals surface area contributed by atoms with Gasteiger partial charge in [0.15, 0.2) is 11.5 Å². The van der Waals surface area contributed by atoms with Crippen LogP contribution in [0.25, 0.3) is 0 Å². The molecule has 3 rings (SSSR count). The van der Waals surface area contributed by atoms with E-state index in [0.717, 1.165) is 9.87 Å². The second-order valence-corrected chi connectivity index (χ2v) is 12.5. The minimum Gasteiger partial charge on any atom is -0.493 e. The Morgan fingerprint density at radius 2 is 1.58 bits per heavy atom. The molecule has 0 aliphatic rings. The van der Waals surface area contributed by atoms with Gasteiger partial charge in [-0.05, 0) is 62.6 Å². The van der Waals surface area contributed by atoms with Crippen LogP contribution in [0.4, 0.5) is 5.69 Å². The molecule has 0 aromatic heterocycles. The van der Waals surface area contributed by atoms with Crippen LogP contribution in [0.15, 0.2) is 71.6 Å². The third-order valence-electron chi connectivity index (χ3n) is 7.23. The Kier molecular flexibility index (Phi) is 11.9. The van der Waals surface area contributed by atoms with Crippen LogP contribution >= 0.6 is 11.6 Å². The number of carbonyl (C=O) groups excluding carboxylic acids is 2. The Bertz CT molecular complexity index is 1510. The fourth-order valence-electron chi connectivity index (χ4n) is 4.52. The number of halogens is 1. The van der Waals surface area contributed by atoms with E-state index >= 15 is 0 Å². The SMILES string of the molecule is CCC(C)NC(=O)C(CC)N(Cc1ccccc1Cl)C(=O)CN(c1ccc(OC)c(OC)c1)S(=O)(=O)c1ccc(C)cc1. The van der Waals surface area contributed by atoms with Gasteiger partial charge in [0.25, 0.3) is 10.0 Å². The van der Waals surface area contributed by atoms with Crippen LogP contribution in [-0.2, 0) is 26.2 Å². The average molecular weight is 630 g/mol. The van der Waals surface area contributed by atoms with Gasteiger partial charge < -0.3 is 19.7 Å². The number of anilines is 1. The zero-order valence-corrected chi connectivity index (χ0v) is 27.0. The highest BCUT2D eigenvalue weighted by molar-refractivity contribution is 7.92. The number of nitrogens with one attached hydrogen (secondary N) is 1. The number of sulfonamides is 1. The lowest BCUT2D eigenvalue weighted by atomic mass is 10.1. The third-order valence-corrected chi connectivity index (χ3v) is 9.39. The molecule has 2 amide bonds. The molecule has 0 spiro atoms. The topological polar surface area (TPSA) is 105 Å². The molecule has 0 saturated carbocycles. The van der Waals surface area contributed by atoms with Crippen LogP contribution in [0.1, 0.15) is 44.7 Å². The standard InChI is InChI=1S/C32H40ClN3O6S/c1-7-23(4)34-32(38)28(8-2)35(20-24-11-9-10-12-27(24)33)31(37)21-36(25-15-18-29(41-5)30(19-25)42-6)43(39,40)26-16-13-22(3)14-17-26/h9-19,23,28H,7-8,20-21H2,1-6H3,(H,34,38). The summed E-state index contributed by atoms with van der Waals surface area (Å²) < 4.78 is 40.0. The summed E-state index contributed by atoms with van der Waals surface area (Å²) in [6.45, 7) is 6.93. The molecule has 0 aliphatic carbocycles. The van der Waals surface area contributed by atoms with Crippen molar-refractivity contribution in [1.82, 2.24) is 10.2 Å². The predicted molar refractivity (Wildman–Crippen MR) is 169 cm³/mol. The fraction of sp³-hybridized carbons (Fsp3) is 0.375. The van der Waals surface area contributed by atoms with Crippen LogP contribution in [0.3, 0.4) is 0 Å². The second-order valence-electron chi connectivity index (χ2n) is 10.2. The normalized spacial score (nSPS) is 12.6. The zero-order valence-electron chi connectivity index (χ0n) is 25.5. The van der Waals surface area contributed by atoms with Gasteiger partial charge in [-0.1, -0.05) is 61.3 Å². The fourth-order valence-corrected chi connectivity index (χ4v) is 6.12. The van der Waals surface area contributed by atoms with E-state index in [1.54, 1.807) is 48.5 Å². The summed E-state index contributed by atoms with van der Waals surface area (Å²) >= 11 is 6.47. The van der Waals surface area contributed by atoms with E-state index in [1.807, 2.05) is 27.7 Å². The first-order valence-corrected chi connectivity index (χ1v) is 15.9. The molecule has 3 aromatic carbocycles. The summed E-state index contributed by atoms with van der Waals surface area (Å²) in [5.41, 5.74) is 1.71. The first kappa shape index (κ1) is 33.7. The molecule has 43 heavy (non-hydrogen) atoms. The van der Waals surface area contributed by atoms with Crippen molar-refractivity contribution in [2.75, 3.05) is 25.1 Å². The molecule has 9 nitrogen and oxygen atoms in total. The molecular formula is C32H40ClN3O6S. The Morgan fingerprint density at radius 1 is 0.930 bits per heavy atom. The molecular weight excluding hydrogens is 590 g/mol. The van der Waals surface area contributed by atoms with Crippen molar-refractivity contribution in [3.8, 4) is 11.5 Å². The van der Waals surface area contributed by atoms with Crippen molar-refractivity contribution in [3.63, 3.8) is 0 Å². The van der Waals surface area contributed by atoms with E-state index in [1.165, 1.54) is 37.3 Å². The lowest BCUT2D eigenvalue weighted by Crippen LogP contribution is -2.53. The molecule has 2 atom stereocenters. The van der Waals surface area contributed by atoms with Gasteiger partial charge in [-0.15, -0.1) is 0 Å². The van der Waals surface area contributed by atoms with Gasteiger partial charge in [0, 0.05) is 23.7 Å². The number of ether oxygens (including phenoxy) is 2. The summed E-state index contributed by atoms with van der Waals surface area (Å²) in [4.78, 5) is 29.1. The number of hydrogen-bond acceptors (Lipinski definition) is 6. The molecule has 0 aliphatic heterocycles. The minimum absolute atomic E-state index is 0.00922. The Labute approximate surface area is 259 Å². The number of rotatable bonds is 14. The van der Waals surface area contributed by atoms with Crippen molar-refractivity contribution in [2.45, 2.75) is 64.1 Å². The first-order chi connectivity index (χ1) is 20.5. The zero-order chi connectivity index (χ0) is 31.7. The Balaban J connectivity index is 2.13. The molecule has 2 unspecified atom stereocenters. The van der Waals surface area contributed by atoms with E-state index in [0.29, 0.717) is 34.9 Å². The van der Waals surface area contributed by atoms with Crippen LogP contribution in [-0.4, -0.2) is 58.0 Å². The number of hydrogen-bond donors (Lipinski definition) is 1. The first-order valence-electron chi connectivity index (χ1n) is 14.1. The molecule has 1 N–H and O–H groups in total. The van der Waals surface area contributed by atoms with Gasteiger partial charge >= 0.3 is 0 Å². The number of amides is 2. The van der Waals surface area contributed by atoms with Gasteiger partial charge in [-0.25, -0.2) is 8.42 Å². The summed E-state index contributed by atoms with van der Waals surface area (Å²) in [6, 6.07) is 17.1. The number of benzene rings is 3.